The Labute approximate surface area is 269 Å². The second-order valence-corrected chi connectivity index (χ2v) is 11.7. The van der Waals surface area contributed by atoms with Gasteiger partial charge in [0.1, 0.15) is 0 Å². The molecule has 0 unspecified atom stereocenters. The maximum absolute atomic E-state index is 6.28. The van der Waals surface area contributed by atoms with Gasteiger partial charge < -0.3 is 14.1 Å². The summed E-state index contributed by atoms with van der Waals surface area (Å²) in [6.07, 6.45) is 1.78. The molecule has 5 heteroatoms. The fourth-order valence-electron chi connectivity index (χ4n) is 6.93. The number of fused-ring (bicyclic) bond motifs is 8. The molecule has 212 valence electrons. The number of pyridine rings is 2. The molecule has 44 heavy (non-hydrogen) atoms. The zero-order valence-corrected chi connectivity index (χ0v) is 26.3. The minimum Gasteiger partial charge on any atom is -0.497 e. The van der Waals surface area contributed by atoms with Gasteiger partial charge in [-0.1, -0.05) is 86.6 Å². The summed E-state index contributed by atoms with van der Waals surface area (Å²) < 4.78 is 8.73. The summed E-state index contributed by atoms with van der Waals surface area (Å²) >= 11 is 0. The zero-order chi connectivity index (χ0) is 28.7. The van der Waals surface area contributed by atoms with E-state index in [9.17, 15) is 0 Å². The molecule has 0 aliphatic heterocycles. The van der Waals surface area contributed by atoms with E-state index >= 15 is 0 Å². The van der Waals surface area contributed by atoms with Gasteiger partial charge in [-0.2, -0.15) is 0 Å². The molecule has 9 rings (SSSR count). The Balaban J connectivity index is 0.00000289. The first kappa shape index (κ1) is 26.8. The standard InChI is InChI=1S/C39H25N3O.Pt/c1-39(2)31-17-5-3-16-29(31)35-36-37-30(28-15-4-6-19-34(28)42(37)38(35)39)23-33(41-36)25-12-10-14-27(22-25)43-26-13-9-11-24(21-26)32-18-7-8-20-40-32;/h3-20,23H,1-2H3;/q-2;+2. The van der Waals surface area contributed by atoms with Crippen LogP contribution in [0.3, 0.4) is 0 Å². The molecular formula is C39H25N3OPt. The molecule has 0 N–H and O–H groups in total. The van der Waals surface area contributed by atoms with E-state index in [1.807, 2.05) is 48.5 Å². The van der Waals surface area contributed by atoms with Gasteiger partial charge >= 0.3 is 21.1 Å². The molecular weight excluding hydrogens is 722 g/mol. The second kappa shape index (κ2) is 9.87. The van der Waals surface area contributed by atoms with E-state index in [1.165, 1.54) is 44.2 Å². The Bertz CT molecular complexity index is 2360. The Hall–Kier alpha value is -4.79. The number of rotatable bonds is 4. The number of para-hydroxylation sites is 1. The van der Waals surface area contributed by atoms with E-state index in [2.05, 4.69) is 96.0 Å². The van der Waals surface area contributed by atoms with Gasteiger partial charge in [0.25, 0.3) is 0 Å². The predicted molar refractivity (Wildman–Crippen MR) is 172 cm³/mol. The number of benzene rings is 4. The van der Waals surface area contributed by atoms with Gasteiger partial charge in [-0.15, -0.1) is 47.5 Å². The zero-order valence-electron chi connectivity index (χ0n) is 24.0. The summed E-state index contributed by atoms with van der Waals surface area (Å²) in [7, 11) is 0. The van der Waals surface area contributed by atoms with Gasteiger partial charge in [-0.05, 0) is 34.6 Å². The van der Waals surface area contributed by atoms with E-state index in [0.717, 1.165) is 28.0 Å². The number of ether oxygens (including phenoxy) is 1. The van der Waals surface area contributed by atoms with E-state index in [1.54, 1.807) is 6.20 Å². The summed E-state index contributed by atoms with van der Waals surface area (Å²) in [6, 6.07) is 44.2. The topological polar surface area (TPSA) is 39.4 Å². The van der Waals surface area contributed by atoms with Crippen molar-refractivity contribution in [2.75, 3.05) is 0 Å². The Morgan fingerprint density at radius 1 is 0.705 bits per heavy atom. The molecule has 0 atom stereocenters. The third-order valence-electron chi connectivity index (χ3n) is 8.78. The third kappa shape index (κ3) is 3.81. The van der Waals surface area contributed by atoms with Crippen LogP contribution in [-0.4, -0.2) is 14.4 Å². The van der Waals surface area contributed by atoms with Crippen molar-refractivity contribution in [1.29, 1.82) is 0 Å². The number of hydrogen-bond acceptors (Lipinski definition) is 3. The second-order valence-electron chi connectivity index (χ2n) is 11.7. The molecule has 0 saturated carbocycles. The molecule has 0 radical (unpaired) electrons. The van der Waals surface area contributed by atoms with Gasteiger partial charge in [0.05, 0.1) is 16.6 Å². The van der Waals surface area contributed by atoms with Crippen molar-refractivity contribution in [1.82, 2.24) is 14.4 Å². The van der Waals surface area contributed by atoms with Crippen molar-refractivity contribution in [3.8, 4) is 45.1 Å². The fraction of sp³-hybridized carbons (Fsp3) is 0.0769. The van der Waals surface area contributed by atoms with Crippen LogP contribution in [-0.2, 0) is 26.5 Å². The molecule has 4 aromatic carbocycles. The summed E-state index contributed by atoms with van der Waals surface area (Å²) in [5, 5.41) is 2.43. The van der Waals surface area contributed by atoms with E-state index in [-0.39, 0.29) is 26.5 Å². The van der Waals surface area contributed by atoms with E-state index in [0.29, 0.717) is 11.5 Å². The monoisotopic (exact) mass is 746 g/mol. The quantitative estimate of drug-likeness (QED) is 0.169. The maximum atomic E-state index is 6.28. The maximum Gasteiger partial charge on any atom is 2.00 e. The Morgan fingerprint density at radius 3 is 2.18 bits per heavy atom. The van der Waals surface area contributed by atoms with Crippen LogP contribution in [0.25, 0.3) is 61.0 Å². The van der Waals surface area contributed by atoms with Crippen LogP contribution in [0.1, 0.15) is 25.1 Å². The molecule has 0 spiro atoms. The van der Waals surface area contributed by atoms with Crippen molar-refractivity contribution < 1.29 is 25.8 Å². The van der Waals surface area contributed by atoms with Gasteiger partial charge in [0.2, 0.25) is 0 Å². The molecule has 0 amide bonds. The fourth-order valence-corrected chi connectivity index (χ4v) is 6.93. The summed E-state index contributed by atoms with van der Waals surface area (Å²) in [6.45, 7) is 4.66. The number of hydrogen-bond donors (Lipinski definition) is 0. The summed E-state index contributed by atoms with van der Waals surface area (Å²) in [5.74, 6) is 1.22. The molecule has 4 nitrogen and oxygen atoms in total. The summed E-state index contributed by atoms with van der Waals surface area (Å²) in [5.41, 5.74) is 11.9. The van der Waals surface area contributed by atoms with Gasteiger partial charge in [-0.25, -0.2) is 0 Å². The molecule has 8 aromatic rings. The molecule has 4 heterocycles. The average molecular weight is 747 g/mol. The first-order valence-electron chi connectivity index (χ1n) is 14.5. The minimum absolute atomic E-state index is 0. The molecule has 0 saturated heterocycles. The molecule has 1 aliphatic rings. The van der Waals surface area contributed by atoms with Crippen molar-refractivity contribution in [2.24, 2.45) is 0 Å². The Morgan fingerprint density at radius 2 is 1.41 bits per heavy atom. The van der Waals surface area contributed by atoms with Crippen LogP contribution >= 0.6 is 0 Å². The van der Waals surface area contributed by atoms with E-state index < -0.39 is 0 Å². The Kier molecular flexibility index (Phi) is 6.01. The molecule has 1 aliphatic carbocycles. The van der Waals surface area contributed by atoms with Crippen molar-refractivity contribution in [3.05, 3.63) is 139 Å². The molecule has 4 aromatic heterocycles. The van der Waals surface area contributed by atoms with Crippen molar-refractivity contribution >= 4 is 27.3 Å². The summed E-state index contributed by atoms with van der Waals surface area (Å²) in [4.78, 5) is 9.82. The van der Waals surface area contributed by atoms with Crippen LogP contribution in [0.15, 0.2) is 115 Å². The number of nitrogens with zero attached hydrogens (tertiary/aromatic N) is 3. The van der Waals surface area contributed by atoms with Gasteiger partial charge in [-0.3, -0.25) is 4.98 Å². The van der Waals surface area contributed by atoms with E-state index in [4.69, 9.17) is 9.72 Å². The number of aromatic nitrogens is 3. The molecule has 0 fully saturated rings. The average Bonchev–Trinajstić information content (AvgIpc) is 3.65. The largest absolute Gasteiger partial charge is 2.00 e. The minimum atomic E-state index is -0.151. The normalized spacial score (nSPS) is 13.2. The van der Waals surface area contributed by atoms with Gasteiger partial charge in [0, 0.05) is 45.1 Å². The SMILES string of the molecule is CC1(C)c2ccccc2-c2c1n1c3ccccc3c3cc(-c4[c-]c(Oc5[c-]c(-c6ccccn6)ccc5)ccc4)nc2c31.[Pt+2]. The first-order chi connectivity index (χ1) is 21.1. The van der Waals surface area contributed by atoms with Crippen LogP contribution < -0.4 is 4.74 Å². The van der Waals surface area contributed by atoms with Crippen LogP contribution in [0.5, 0.6) is 11.5 Å². The first-order valence-corrected chi connectivity index (χ1v) is 14.5. The van der Waals surface area contributed by atoms with Crippen LogP contribution in [0, 0.1) is 12.1 Å². The molecule has 0 bridgehead atoms. The van der Waals surface area contributed by atoms with Crippen molar-refractivity contribution in [2.45, 2.75) is 19.3 Å². The van der Waals surface area contributed by atoms with Gasteiger partial charge in [0.15, 0.2) is 0 Å². The van der Waals surface area contributed by atoms with Crippen molar-refractivity contribution in [3.63, 3.8) is 0 Å². The third-order valence-corrected chi connectivity index (χ3v) is 8.78. The predicted octanol–water partition coefficient (Wildman–Crippen LogP) is 9.50. The smallest absolute Gasteiger partial charge is 0.497 e. The van der Waals surface area contributed by atoms with Crippen LogP contribution in [0.2, 0.25) is 0 Å². The van der Waals surface area contributed by atoms with Crippen LogP contribution in [0.4, 0.5) is 0 Å².